The zero-order chi connectivity index (χ0) is 12.2. The molecule has 2 heteroatoms. The number of hydrogen-bond acceptors (Lipinski definition) is 2. The molecule has 1 unspecified atom stereocenters. The van der Waals surface area contributed by atoms with Gasteiger partial charge < -0.3 is 10.4 Å². The van der Waals surface area contributed by atoms with E-state index in [4.69, 9.17) is 5.11 Å². The van der Waals surface area contributed by atoms with E-state index in [1.807, 2.05) is 0 Å². The number of unbranched alkanes of at least 4 members (excludes halogenated alkanes) is 6. The highest BCUT2D eigenvalue weighted by molar-refractivity contribution is 4.68. The molecule has 0 spiro atoms. The van der Waals surface area contributed by atoms with Gasteiger partial charge in [-0.3, -0.25) is 0 Å². The van der Waals surface area contributed by atoms with Crippen LogP contribution in [-0.4, -0.2) is 24.3 Å². The van der Waals surface area contributed by atoms with Gasteiger partial charge in [-0.25, -0.2) is 0 Å². The lowest BCUT2D eigenvalue weighted by atomic mass is 10.0. The molecule has 0 aromatic heterocycles. The van der Waals surface area contributed by atoms with Crippen LogP contribution in [-0.2, 0) is 0 Å². The van der Waals surface area contributed by atoms with Crippen LogP contribution in [0.5, 0.6) is 0 Å². The number of nitrogens with one attached hydrogen (secondary N) is 1. The summed E-state index contributed by atoms with van der Waals surface area (Å²) in [6, 6.07) is 0.278. The number of aliphatic hydroxyl groups excluding tert-OH is 1. The van der Waals surface area contributed by atoms with Crippen molar-refractivity contribution < 1.29 is 5.11 Å². The summed E-state index contributed by atoms with van der Waals surface area (Å²) in [6.07, 6.45) is 9.44. The Labute approximate surface area is 102 Å². The van der Waals surface area contributed by atoms with E-state index in [1.54, 1.807) is 0 Å². The summed E-state index contributed by atoms with van der Waals surface area (Å²) < 4.78 is 0. The van der Waals surface area contributed by atoms with Crippen molar-refractivity contribution in [3.05, 3.63) is 0 Å². The van der Waals surface area contributed by atoms with Crippen molar-refractivity contribution in [2.24, 2.45) is 5.92 Å². The number of rotatable bonds is 11. The highest BCUT2D eigenvalue weighted by Gasteiger charge is 2.09. The van der Waals surface area contributed by atoms with Crippen molar-refractivity contribution in [2.45, 2.75) is 71.8 Å². The summed E-state index contributed by atoms with van der Waals surface area (Å²) in [5.41, 5.74) is 0. The van der Waals surface area contributed by atoms with Gasteiger partial charge in [0.25, 0.3) is 0 Å². The average Bonchev–Trinajstić information content (AvgIpc) is 2.26. The van der Waals surface area contributed by atoms with Gasteiger partial charge in [0.05, 0.1) is 6.61 Å². The molecule has 0 fully saturated rings. The Balaban J connectivity index is 3.19. The van der Waals surface area contributed by atoms with Crippen molar-refractivity contribution in [3.8, 4) is 0 Å². The van der Waals surface area contributed by atoms with Gasteiger partial charge in [0.15, 0.2) is 0 Å². The third-order valence-electron chi connectivity index (χ3n) is 3.19. The topological polar surface area (TPSA) is 32.3 Å². The first-order valence-corrected chi connectivity index (χ1v) is 7.06. The molecule has 0 rings (SSSR count). The predicted octanol–water partition coefficient (Wildman–Crippen LogP) is 3.34. The first-order valence-electron chi connectivity index (χ1n) is 7.06. The third kappa shape index (κ3) is 9.17. The zero-order valence-electron chi connectivity index (χ0n) is 11.5. The molecular weight excluding hydrogens is 198 g/mol. The van der Waals surface area contributed by atoms with Crippen LogP contribution >= 0.6 is 0 Å². The van der Waals surface area contributed by atoms with Crippen LogP contribution in [0.3, 0.4) is 0 Å². The quantitative estimate of drug-likeness (QED) is 0.533. The Morgan fingerprint density at radius 3 is 2.00 bits per heavy atom. The summed E-state index contributed by atoms with van der Waals surface area (Å²) in [7, 11) is 0. The van der Waals surface area contributed by atoms with Gasteiger partial charge in [-0.05, 0) is 18.9 Å². The molecule has 0 aliphatic rings. The molecule has 0 aromatic rings. The molecule has 0 radical (unpaired) electrons. The van der Waals surface area contributed by atoms with Crippen LogP contribution in [0, 0.1) is 5.92 Å². The van der Waals surface area contributed by atoms with Crippen LogP contribution in [0.1, 0.15) is 65.7 Å². The maximum Gasteiger partial charge on any atom is 0.0587 e. The molecule has 0 saturated heterocycles. The van der Waals surface area contributed by atoms with E-state index in [0.717, 1.165) is 6.54 Å². The minimum atomic E-state index is 0.258. The maximum atomic E-state index is 9.13. The molecule has 0 saturated carbocycles. The van der Waals surface area contributed by atoms with Gasteiger partial charge in [-0.2, -0.15) is 0 Å². The molecule has 0 aromatic carbocycles. The van der Waals surface area contributed by atoms with Gasteiger partial charge in [0.2, 0.25) is 0 Å². The summed E-state index contributed by atoms with van der Waals surface area (Å²) >= 11 is 0. The summed E-state index contributed by atoms with van der Waals surface area (Å²) in [5.74, 6) is 0.523. The standard InChI is InChI=1S/C14H31NO/c1-4-5-6-7-8-9-10-11-15-14(12-16)13(2)3/h13-16H,4-12H2,1-3H3. The fraction of sp³-hybridized carbons (Fsp3) is 1.00. The SMILES string of the molecule is CCCCCCCCCNC(CO)C(C)C. The van der Waals surface area contributed by atoms with Crippen LogP contribution in [0.25, 0.3) is 0 Å². The number of aliphatic hydroxyl groups is 1. The smallest absolute Gasteiger partial charge is 0.0587 e. The van der Waals surface area contributed by atoms with Crippen molar-refractivity contribution in [1.82, 2.24) is 5.32 Å². The first kappa shape index (κ1) is 15.9. The van der Waals surface area contributed by atoms with E-state index in [-0.39, 0.29) is 12.6 Å². The molecule has 0 bridgehead atoms. The second kappa shape index (κ2) is 11.4. The summed E-state index contributed by atoms with van der Waals surface area (Å²) in [4.78, 5) is 0. The lowest BCUT2D eigenvalue weighted by Crippen LogP contribution is -2.37. The molecule has 0 aliphatic carbocycles. The van der Waals surface area contributed by atoms with E-state index in [2.05, 4.69) is 26.1 Å². The van der Waals surface area contributed by atoms with Crippen molar-refractivity contribution >= 4 is 0 Å². The highest BCUT2D eigenvalue weighted by Crippen LogP contribution is 2.07. The second-order valence-corrected chi connectivity index (χ2v) is 5.11. The van der Waals surface area contributed by atoms with E-state index in [0.29, 0.717) is 5.92 Å². The third-order valence-corrected chi connectivity index (χ3v) is 3.19. The zero-order valence-corrected chi connectivity index (χ0v) is 11.5. The Kier molecular flexibility index (Phi) is 11.3. The molecular formula is C14H31NO. The number of hydrogen-bond donors (Lipinski definition) is 2. The van der Waals surface area contributed by atoms with Gasteiger partial charge in [-0.15, -0.1) is 0 Å². The second-order valence-electron chi connectivity index (χ2n) is 5.11. The summed E-state index contributed by atoms with van der Waals surface area (Å²) in [6.45, 7) is 7.87. The Bertz CT molecular complexity index is 137. The molecule has 2 nitrogen and oxygen atoms in total. The Morgan fingerprint density at radius 2 is 1.50 bits per heavy atom. The van der Waals surface area contributed by atoms with E-state index in [1.165, 1.54) is 44.9 Å². The molecule has 2 N–H and O–H groups in total. The highest BCUT2D eigenvalue weighted by atomic mass is 16.3. The van der Waals surface area contributed by atoms with E-state index >= 15 is 0 Å². The predicted molar refractivity (Wildman–Crippen MR) is 71.7 cm³/mol. The summed E-state index contributed by atoms with van der Waals surface area (Å²) in [5, 5.41) is 12.6. The minimum Gasteiger partial charge on any atom is -0.395 e. The van der Waals surface area contributed by atoms with Gasteiger partial charge in [0.1, 0.15) is 0 Å². The van der Waals surface area contributed by atoms with Crippen LogP contribution in [0.2, 0.25) is 0 Å². The largest absolute Gasteiger partial charge is 0.395 e. The molecule has 98 valence electrons. The van der Waals surface area contributed by atoms with E-state index < -0.39 is 0 Å². The fourth-order valence-corrected chi connectivity index (χ4v) is 1.88. The van der Waals surface area contributed by atoms with Crippen molar-refractivity contribution in [3.63, 3.8) is 0 Å². The normalized spacial score (nSPS) is 13.3. The van der Waals surface area contributed by atoms with Crippen molar-refractivity contribution in [1.29, 1.82) is 0 Å². The monoisotopic (exact) mass is 229 g/mol. The molecule has 0 aliphatic heterocycles. The maximum absolute atomic E-state index is 9.13. The fourth-order valence-electron chi connectivity index (χ4n) is 1.88. The van der Waals surface area contributed by atoms with Gasteiger partial charge in [-0.1, -0.05) is 59.3 Å². The van der Waals surface area contributed by atoms with Crippen molar-refractivity contribution in [2.75, 3.05) is 13.2 Å². The Hall–Kier alpha value is -0.0800. The lowest BCUT2D eigenvalue weighted by molar-refractivity contribution is 0.210. The Morgan fingerprint density at radius 1 is 0.938 bits per heavy atom. The van der Waals surface area contributed by atoms with Crippen LogP contribution < -0.4 is 5.32 Å². The minimum absolute atomic E-state index is 0.258. The van der Waals surface area contributed by atoms with Crippen LogP contribution in [0.15, 0.2) is 0 Å². The van der Waals surface area contributed by atoms with E-state index in [9.17, 15) is 0 Å². The molecule has 0 amide bonds. The van der Waals surface area contributed by atoms with Gasteiger partial charge >= 0.3 is 0 Å². The molecule has 0 heterocycles. The van der Waals surface area contributed by atoms with Gasteiger partial charge in [0, 0.05) is 6.04 Å². The first-order chi connectivity index (χ1) is 7.72. The molecule has 16 heavy (non-hydrogen) atoms. The molecule has 1 atom stereocenters. The lowest BCUT2D eigenvalue weighted by Gasteiger charge is -2.19. The van der Waals surface area contributed by atoms with Crippen LogP contribution in [0.4, 0.5) is 0 Å². The average molecular weight is 229 g/mol.